The molecule has 0 radical (unpaired) electrons. The maximum absolute atomic E-state index is 14.3. The Kier molecular flexibility index (Phi) is 5.97. The molecule has 0 spiro atoms. The van der Waals surface area contributed by atoms with Crippen molar-refractivity contribution in [3.63, 3.8) is 0 Å². The van der Waals surface area contributed by atoms with Gasteiger partial charge in [0.15, 0.2) is 0 Å². The third-order valence-corrected chi connectivity index (χ3v) is 6.51. The van der Waals surface area contributed by atoms with Crippen LogP contribution in [-0.4, -0.2) is 31.3 Å². The van der Waals surface area contributed by atoms with Crippen LogP contribution in [0.25, 0.3) is 0 Å². The van der Waals surface area contributed by atoms with Crippen LogP contribution in [0.1, 0.15) is 55.6 Å². The highest BCUT2D eigenvalue weighted by molar-refractivity contribution is 7.89. The van der Waals surface area contributed by atoms with Gasteiger partial charge in [0.05, 0.1) is 6.04 Å². The second-order valence-corrected chi connectivity index (χ2v) is 9.97. The number of likely N-dealkylation sites (tertiary alicyclic amines) is 1. The summed E-state index contributed by atoms with van der Waals surface area (Å²) in [5.41, 5.74) is -0.833. The van der Waals surface area contributed by atoms with Crippen LogP contribution in [-0.2, 0) is 10.0 Å². The second-order valence-electron chi connectivity index (χ2n) is 8.32. The van der Waals surface area contributed by atoms with Crippen molar-refractivity contribution in [2.24, 2.45) is 0 Å². The van der Waals surface area contributed by atoms with Crippen molar-refractivity contribution in [1.29, 1.82) is 0 Å². The maximum Gasteiger partial charge on any atom is 0.254 e. The van der Waals surface area contributed by atoms with Crippen molar-refractivity contribution >= 4 is 15.9 Å². The van der Waals surface area contributed by atoms with Crippen molar-refractivity contribution in [2.75, 3.05) is 6.54 Å². The van der Waals surface area contributed by atoms with Gasteiger partial charge in [-0.15, -0.1) is 0 Å². The van der Waals surface area contributed by atoms with Gasteiger partial charge in [0.1, 0.15) is 22.3 Å². The Bertz CT molecular complexity index is 1080. The summed E-state index contributed by atoms with van der Waals surface area (Å²) in [6.07, 6.45) is 1.01. The zero-order valence-electron chi connectivity index (χ0n) is 16.9. The second kappa shape index (κ2) is 8.03. The number of nitrogens with zero attached hydrogens (tertiary/aromatic N) is 1. The predicted molar refractivity (Wildman–Crippen MR) is 106 cm³/mol. The number of rotatable bonds is 4. The molecule has 2 aromatic rings. The average Bonchev–Trinajstić information content (AvgIpc) is 3.11. The summed E-state index contributed by atoms with van der Waals surface area (Å²) in [5.74, 6) is -2.81. The zero-order chi connectivity index (χ0) is 22.3. The molecule has 1 heterocycles. The van der Waals surface area contributed by atoms with Gasteiger partial charge in [-0.2, -0.15) is 0 Å². The first kappa shape index (κ1) is 22.3. The lowest BCUT2D eigenvalue weighted by molar-refractivity contribution is 0.0733. The summed E-state index contributed by atoms with van der Waals surface area (Å²) in [5, 5.41) is 0. The van der Waals surface area contributed by atoms with E-state index < -0.39 is 49.9 Å². The summed E-state index contributed by atoms with van der Waals surface area (Å²) in [6, 6.07) is 5.45. The van der Waals surface area contributed by atoms with E-state index in [1.165, 1.54) is 11.0 Å². The molecule has 0 bridgehead atoms. The molecular formula is C21H23F3N2O3S. The molecule has 1 aliphatic rings. The van der Waals surface area contributed by atoms with E-state index in [-0.39, 0.29) is 11.1 Å². The van der Waals surface area contributed by atoms with Crippen molar-refractivity contribution in [1.82, 2.24) is 9.62 Å². The topological polar surface area (TPSA) is 66.5 Å². The summed E-state index contributed by atoms with van der Waals surface area (Å²) < 4.78 is 69.6. The Balaban J connectivity index is 1.96. The molecule has 30 heavy (non-hydrogen) atoms. The highest BCUT2D eigenvalue weighted by Crippen LogP contribution is 2.35. The largest absolute Gasteiger partial charge is 0.331 e. The van der Waals surface area contributed by atoms with Crippen molar-refractivity contribution in [2.45, 2.75) is 50.1 Å². The molecule has 0 saturated carbocycles. The van der Waals surface area contributed by atoms with Crippen LogP contribution in [0.15, 0.2) is 41.3 Å². The molecule has 1 amide bonds. The normalized spacial score (nSPS) is 17.4. The Morgan fingerprint density at radius 1 is 1.07 bits per heavy atom. The summed E-state index contributed by atoms with van der Waals surface area (Å²) >= 11 is 0. The van der Waals surface area contributed by atoms with Crippen LogP contribution < -0.4 is 4.72 Å². The van der Waals surface area contributed by atoms with Gasteiger partial charge < -0.3 is 4.90 Å². The molecule has 1 N–H and O–H groups in total. The van der Waals surface area contributed by atoms with Crippen molar-refractivity contribution in [3.05, 3.63) is 65.0 Å². The minimum absolute atomic E-state index is 0.0469. The fraction of sp³-hybridized carbons (Fsp3) is 0.381. The lowest BCUT2D eigenvalue weighted by Crippen LogP contribution is -2.41. The van der Waals surface area contributed by atoms with Crippen LogP contribution in [0.5, 0.6) is 0 Å². The summed E-state index contributed by atoms with van der Waals surface area (Å²) in [7, 11) is -4.21. The quantitative estimate of drug-likeness (QED) is 0.777. The van der Waals surface area contributed by atoms with E-state index in [0.29, 0.717) is 19.4 Å². The Hall–Kier alpha value is -2.39. The molecule has 2 aromatic carbocycles. The van der Waals surface area contributed by atoms with Gasteiger partial charge in [0, 0.05) is 23.2 Å². The maximum atomic E-state index is 14.3. The van der Waals surface area contributed by atoms with Crippen molar-refractivity contribution in [3.8, 4) is 0 Å². The Morgan fingerprint density at radius 3 is 2.40 bits per heavy atom. The fourth-order valence-electron chi connectivity index (χ4n) is 3.57. The number of nitrogens with one attached hydrogen (secondary N) is 1. The van der Waals surface area contributed by atoms with E-state index in [1.807, 2.05) is 0 Å². The van der Waals surface area contributed by atoms with E-state index in [4.69, 9.17) is 0 Å². The first-order valence-electron chi connectivity index (χ1n) is 9.48. The number of halogens is 3. The molecule has 1 saturated heterocycles. The minimum Gasteiger partial charge on any atom is -0.331 e. The van der Waals surface area contributed by atoms with Gasteiger partial charge in [0.25, 0.3) is 5.91 Å². The molecule has 1 fully saturated rings. The van der Waals surface area contributed by atoms with E-state index in [0.717, 1.165) is 30.3 Å². The molecule has 9 heteroatoms. The lowest BCUT2D eigenvalue weighted by atomic mass is 10.0. The SMILES string of the molecule is CC(C)(C)NS(=O)(=O)c1cc(C(=O)N2CCCC2c2cc(F)ccc2F)ccc1F. The van der Waals surface area contributed by atoms with Crippen LogP contribution in [0, 0.1) is 17.5 Å². The molecule has 1 aliphatic heterocycles. The highest BCUT2D eigenvalue weighted by atomic mass is 32.2. The number of benzene rings is 2. The van der Waals surface area contributed by atoms with E-state index >= 15 is 0 Å². The molecular weight excluding hydrogens is 417 g/mol. The summed E-state index contributed by atoms with van der Waals surface area (Å²) in [6.45, 7) is 5.12. The third kappa shape index (κ3) is 4.67. The van der Waals surface area contributed by atoms with Crippen LogP contribution >= 0.6 is 0 Å². The number of carbonyl (C=O) groups excluding carboxylic acids is 1. The molecule has 162 valence electrons. The number of hydrogen-bond acceptors (Lipinski definition) is 3. The van der Waals surface area contributed by atoms with E-state index in [1.54, 1.807) is 20.8 Å². The number of sulfonamides is 1. The van der Waals surface area contributed by atoms with Gasteiger partial charge in [0.2, 0.25) is 10.0 Å². The van der Waals surface area contributed by atoms with E-state index in [9.17, 15) is 26.4 Å². The van der Waals surface area contributed by atoms with E-state index in [2.05, 4.69) is 4.72 Å². The van der Waals surface area contributed by atoms with Gasteiger partial charge >= 0.3 is 0 Å². The Labute approximate surface area is 173 Å². The van der Waals surface area contributed by atoms with Crippen LogP contribution in [0.4, 0.5) is 13.2 Å². The summed E-state index contributed by atoms with van der Waals surface area (Å²) in [4.78, 5) is 13.8. The monoisotopic (exact) mass is 440 g/mol. The molecule has 1 atom stereocenters. The standard InChI is InChI=1S/C21H23F3N2O3S/c1-21(2,3)25-30(28,29)19-11-13(6-8-17(19)24)20(27)26-10-4-5-18(26)15-12-14(22)7-9-16(15)23/h6-9,11-12,18,25H,4-5,10H2,1-3H3. The molecule has 1 unspecified atom stereocenters. The Morgan fingerprint density at radius 2 is 1.73 bits per heavy atom. The molecule has 0 aromatic heterocycles. The lowest BCUT2D eigenvalue weighted by Gasteiger charge is -2.26. The average molecular weight is 440 g/mol. The number of carbonyl (C=O) groups is 1. The molecule has 0 aliphatic carbocycles. The third-order valence-electron chi connectivity index (χ3n) is 4.74. The minimum atomic E-state index is -4.21. The smallest absolute Gasteiger partial charge is 0.254 e. The zero-order valence-corrected chi connectivity index (χ0v) is 17.7. The van der Waals surface area contributed by atoms with Crippen LogP contribution in [0.3, 0.4) is 0 Å². The first-order chi connectivity index (χ1) is 13.9. The van der Waals surface area contributed by atoms with Crippen LogP contribution in [0.2, 0.25) is 0 Å². The predicted octanol–water partition coefficient (Wildman–Crippen LogP) is 4.16. The first-order valence-corrected chi connectivity index (χ1v) is 11.0. The van der Waals surface area contributed by atoms with Gasteiger partial charge in [-0.25, -0.2) is 26.3 Å². The number of amides is 1. The molecule has 3 rings (SSSR count). The highest BCUT2D eigenvalue weighted by Gasteiger charge is 2.34. The van der Waals surface area contributed by atoms with Gasteiger partial charge in [-0.1, -0.05) is 0 Å². The molecule has 5 nitrogen and oxygen atoms in total. The number of hydrogen-bond donors (Lipinski definition) is 1. The van der Waals surface area contributed by atoms with Crippen molar-refractivity contribution < 1.29 is 26.4 Å². The van der Waals surface area contributed by atoms with Gasteiger partial charge in [-0.3, -0.25) is 4.79 Å². The van der Waals surface area contributed by atoms with Gasteiger partial charge in [-0.05, 0) is 70.0 Å². The fourth-order valence-corrected chi connectivity index (χ4v) is 5.09.